The van der Waals surface area contributed by atoms with Gasteiger partial charge in [-0.15, -0.1) is 11.3 Å². The number of aromatic nitrogens is 4. The summed E-state index contributed by atoms with van der Waals surface area (Å²) >= 11 is 1.54. The van der Waals surface area contributed by atoms with Gasteiger partial charge in [-0.1, -0.05) is 25.0 Å². The van der Waals surface area contributed by atoms with E-state index in [9.17, 15) is 9.59 Å². The maximum atomic E-state index is 12.7. The Morgan fingerprint density at radius 2 is 1.90 bits per heavy atom. The summed E-state index contributed by atoms with van der Waals surface area (Å²) in [7, 11) is 5.37. The number of carbonyl (C=O) groups excluding carboxylic acids is 2. The van der Waals surface area contributed by atoms with Gasteiger partial charge in [-0.25, -0.2) is 4.98 Å². The lowest BCUT2D eigenvalue weighted by molar-refractivity contribution is -0.129. The molecule has 2 amide bonds. The molecule has 1 saturated carbocycles. The second-order valence-electron chi connectivity index (χ2n) is 9.65. The fraction of sp³-hybridized carbons (Fsp3) is 0.286. The highest BCUT2D eigenvalue weighted by atomic mass is 32.1. The molecule has 0 aliphatic heterocycles. The maximum Gasteiger partial charge on any atom is 0.253 e. The van der Waals surface area contributed by atoms with Crippen molar-refractivity contribution >= 4 is 35.7 Å². The predicted molar refractivity (Wildman–Crippen MR) is 156 cm³/mol. The van der Waals surface area contributed by atoms with E-state index in [0.717, 1.165) is 46.2 Å². The van der Waals surface area contributed by atoms with E-state index in [1.807, 2.05) is 73.0 Å². The number of anilines is 1. The number of rotatable bonds is 10. The summed E-state index contributed by atoms with van der Waals surface area (Å²) in [5.41, 5.74) is 6.60. The molecule has 0 unspecified atom stereocenters. The first-order chi connectivity index (χ1) is 18.9. The molecule has 3 aromatic heterocycles. The van der Waals surface area contributed by atoms with Crippen LogP contribution in [-0.4, -0.2) is 64.0 Å². The number of carbonyl (C=O) groups is 2. The van der Waals surface area contributed by atoms with Crippen LogP contribution in [0.15, 0.2) is 71.6 Å². The lowest BCUT2D eigenvalue weighted by Gasteiger charge is -2.22. The Morgan fingerprint density at radius 3 is 2.59 bits per heavy atom. The van der Waals surface area contributed by atoms with Gasteiger partial charge in [0.05, 0.1) is 23.5 Å². The van der Waals surface area contributed by atoms with E-state index in [-0.39, 0.29) is 18.4 Å². The normalized spacial score (nSPS) is 12.5. The van der Waals surface area contributed by atoms with Crippen molar-refractivity contribution in [2.75, 3.05) is 26.0 Å². The number of thiazole rings is 1. The minimum absolute atomic E-state index is 0.00837. The fourth-order valence-corrected chi connectivity index (χ4v) is 4.95. The predicted octanol–water partition coefficient (Wildman–Crippen LogP) is 4.36. The van der Waals surface area contributed by atoms with Crippen molar-refractivity contribution < 1.29 is 9.59 Å². The first-order valence-electron chi connectivity index (χ1n) is 12.9. The molecule has 1 aliphatic rings. The van der Waals surface area contributed by atoms with E-state index in [1.165, 1.54) is 23.3 Å². The van der Waals surface area contributed by atoms with Gasteiger partial charge in [0.1, 0.15) is 6.54 Å². The molecule has 0 spiro atoms. The van der Waals surface area contributed by atoms with Gasteiger partial charge in [0, 0.05) is 48.7 Å². The summed E-state index contributed by atoms with van der Waals surface area (Å²) in [5.74, 6) is -0.106. The standard InChI is InChI=1S/C28H31BN7O2S/c1-29-35-12-10-22(16-35)27(38)30-15-24(19-6-4-7-19)31-28-32-25(18-39-28)21-9-5-8-20(14-21)23-11-13-36(33-23)17-26(37)34(2)3/h5,8-14,16,18H,4,6-7,15,17H2,1-3H3,(H,30,38)(H,31,32). The molecule has 39 heavy (non-hydrogen) atoms. The Labute approximate surface area is 232 Å². The summed E-state index contributed by atoms with van der Waals surface area (Å²) in [6, 6.07) is 11.8. The summed E-state index contributed by atoms with van der Waals surface area (Å²) in [4.78, 5) is 31.1. The topological polar surface area (TPSA) is 97.1 Å². The van der Waals surface area contributed by atoms with E-state index in [2.05, 4.69) is 21.8 Å². The third kappa shape index (κ3) is 6.31. The van der Waals surface area contributed by atoms with E-state index < -0.39 is 0 Å². The van der Waals surface area contributed by atoms with Crippen molar-refractivity contribution in [3.8, 4) is 22.5 Å². The Morgan fingerprint density at radius 1 is 1.10 bits per heavy atom. The number of amides is 2. The Hall–Kier alpha value is -4.12. The molecule has 3 heterocycles. The minimum Gasteiger partial charge on any atom is -0.402 e. The summed E-state index contributed by atoms with van der Waals surface area (Å²) in [5, 5.41) is 13.9. The largest absolute Gasteiger partial charge is 0.402 e. The van der Waals surface area contributed by atoms with Crippen LogP contribution < -0.4 is 10.6 Å². The Balaban J connectivity index is 1.26. The number of allylic oxidation sites excluding steroid dienone is 1. The zero-order valence-electron chi connectivity index (χ0n) is 22.3. The average molecular weight is 540 g/mol. The third-order valence-corrected chi connectivity index (χ3v) is 7.49. The molecule has 11 heteroatoms. The molecule has 5 rings (SSSR count). The molecule has 2 N–H and O–H groups in total. The molecule has 1 aliphatic carbocycles. The number of hydrogen-bond donors (Lipinski definition) is 2. The van der Waals surface area contributed by atoms with Crippen molar-refractivity contribution in [1.82, 2.24) is 29.5 Å². The smallest absolute Gasteiger partial charge is 0.253 e. The van der Waals surface area contributed by atoms with Crippen LogP contribution in [0.2, 0.25) is 6.82 Å². The van der Waals surface area contributed by atoms with Crippen LogP contribution in [0.4, 0.5) is 5.13 Å². The lowest BCUT2D eigenvalue weighted by atomic mass is 9.90. The zero-order valence-corrected chi connectivity index (χ0v) is 23.2. The molecule has 0 bridgehead atoms. The quantitative estimate of drug-likeness (QED) is 0.292. The monoisotopic (exact) mass is 540 g/mol. The van der Waals surface area contributed by atoms with Gasteiger partial charge in [-0.3, -0.25) is 14.3 Å². The van der Waals surface area contributed by atoms with Crippen LogP contribution in [0, 0.1) is 0 Å². The van der Waals surface area contributed by atoms with Crippen LogP contribution >= 0.6 is 11.3 Å². The highest BCUT2D eigenvalue weighted by molar-refractivity contribution is 7.14. The van der Waals surface area contributed by atoms with Gasteiger partial charge in [0.15, 0.2) is 5.13 Å². The second-order valence-corrected chi connectivity index (χ2v) is 10.5. The van der Waals surface area contributed by atoms with Crippen LogP contribution in [0.3, 0.4) is 0 Å². The zero-order chi connectivity index (χ0) is 27.4. The maximum absolute atomic E-state index is 12.7. The van der Waals surface area contributed by atoms with Gasteiger partial charge in [-0.2, -0.15) is 5.10 Å². The van der Waals surface area contributed by atoms with Gasteiger partial charge in [0.2, 0.25) is 13.3 Å². The molecule has 199 valence electrons. The summed E-state index contributed by atoms with van der Waals surface area (Å²) in [6.45, 7) is 2.56. The highest BCUT2D eigenvalue weighted by Gasteiger charge is 2.18. The molecular formula is C28H31BN7O2S. The Kier molecular flexibility index (Phi) is 7.97. The third-order valence-electron chi connectivity index (χ3n) is 6.74. The molecule has 0 saturated heterocycles. The average Bonchev–Trinajstić information content (AvgIpc) is 3.67. The second kappa shape index (κ2) is 11.7. The molecule has 1 aromatic carbocycles. The lowest BCUT2D eigenvalue weighted by Crippen LogP contribution is -2.29. The van der Waals surface area contributed by atoms with Gasteiger partial charge in [-0.05, 0) is 49.2 Å². The SMILES string of the molecule is C[B]n1ccc(C(=O)NCC(Nc2nc(-c3cccc(-c4ccn(CC(=O)N(C)C)n4)c3)cs2)=C2CCC2)c1. The van der Waals surface area contributed by atoms with Crippen molar-refractivity contribution in [2.24, 2.45) is 0 Å². The first-order valence-corrected chi connectivity index (χ1v) is 13.8. The van der Waals surface area contributed by atoms with E-state index >= 15 is 0 Å². The number of nitrogens with one attached hydrogen (secondary N) is 2. The molecule has 4 aromatic rings. The van der Waals surface area contributed by atoms with Crippen molar-refractivity contribution in [3.05, 3.63) is 77.2 Å². The fourth-order valence-electron chi connectivity index (χ4n) is 4.21. The van der Waals surface area contributed by atoms with Crippen LogP contribution in [0.1, 0.15) is 29.6 Å². The van der Waals surface area contributed by atoms with Crippen molar-refractivity contribution in [2.45, 2.75) is 32.6 Å². The van der Waals surface area contributed by atoms with Gasteiger partial charge in [0.25, 0.3) is 5.91 Å². The molecular weight excluding hydrogens is 509 g/mol. The molecule has 1 fully saturated rings. The highest BCUT2D eigenvalue weighted by Crippen LogP contribution is 2.32. The first kappa shape index (κ1) is 26.5. The molecule has 0 atom stereocenters. The number of hydrogen-bond acceptors (Lipinski definition) is 6. The molecule has 1 radical (unpaired) electrons. The number of nitrogens with zero attached hydrogens (tertiary/aromatic N) is 5. The van der Waals surface area contributed by atoms with Crippen LogP contribution in [0.5, 0.6) is 0 Å². The van der Waals surface area contributed by atoms with Crippen LogP contribution in [0.25, 0.3) is 22.5 Å². The van der Waals surface area contributed by atoms with Gasteiger partial charge >= 0.3 is 0 Å². The molecule has 9 nitrogen and oxygen atoms in total. The number of likely N-dealkylation sites (N-methyl/N-ethyl adjacent to an activating group) is 1. The van der Waals surface area contributed by atoms with Gasteiger partial charge < -0.3 is 20.0 Å². The van der Waals surface area contributed by atoms with E-state index in [4.69, 9.17) is 4.98 Å². The minimum atomic E-state index is -0.0972. The Bertz CT molecular complexity index is 1510. The van der Waals surface area contributed by atoms with E-state index in [0.29, 0.717) is 12.1 Å². The van der Waals surface area contributed by atoms with E-state index in [1.54, 1.807) is 23.7 Å². The summed E-state index contributed by atoms with van der Waals surface area (Å²) < 4.78 is 3.52. The van der Waals surface area contributed by atoms with Crippen molar-refractivity contribution in [1.29, 1.82) is 0 Å². The number of benzene rings is 1. The van der Waals surface area contributed by atoms with Crippen molar-refractivity contribution in [3.63, 3.8) is 0 Å². The van der Waals surface area contributed by atoms with Crippen LogP contribution in [-0.2, 0) is 11.3 Å². The summed E-state index contributed by atoms with van der Waals surface area (Å²) in [6.07, 6.45) is 8.73.